The van der Waals surface area contributed by atoms with E-state index in [0.29, 0.717) is 6.54 Å². The van der Waals surface area contributed by atoms with E-state index in [2.05, 4.69) is 0 Å². The van der Waals surface area contributed by atoms with Crippen molar-refractivity contribution in [1.82, 2.24) is 0 Å². The van der Waals surface area contributed by atoms with Crippen molar-refractivity contribution >= 4 is 0 Å². The Labute approximate surface area is 109 Å². The van der Waals surface area contributed by atoms with Crippen molar-refractivity contribution in [2.24, 2.45) is 5.73 Å². The molecule has 2 aromatic rings. The molecule has 19 heavy (non-hydrogen) atoms. The monoisotopic (exact) mass is 265 g/mol. The van der Waals surface area contributed by atoms with E-state index >= 15 is 0 Å². The van der Waals surface area contributed by atoms with Crippen LogP contribution < -0.4 is 5.73 Å². The Hall–Kier alpha value is -1.81. The Kier molecular flexibility index (Phi) is 3.62. The minimum absolute atomic E-state index is 0.417. The Morgan fingerprint density at radius 2 is 1.63 bits per heavy atom. The van der Waals surface area contributed by atoms with Gasteiger partial charge in [-0.1, -0.05) is 30.3 Å². The first kappa shape index (κ1) is 13.6. The number of hydrogen-bond donors (Lipinski definition) is 1. The first-order valence-electron chi connectivity index (χ1n) is 5.89. The van der Waals surface area contributed by atoms with Crippen LogP contribution in [0.4, 0.5) is 13.2 Å². The zero-order chi connectivity index (χ0) is 14.0. The van der Waals surface area contributed by atoms with E-state index in [0.717, 1.165) is 34.4 Å². The van der Waals surface area contributed by atoms with Crippen molar-refractivity contribution in [3.05, 3.63) is 59.2 Å². The zero-order valence-electron chi connectivity index (χ0n) is 10.5. The maximum atomic E-state index is 12.5. The molecule has 0 radical (unpaired) electrons. The standard InChI is InChI=1S/C15H14F3N/c1-10-12(9-19)3-2-4-14(10)11-5-7-13(8-6-11)15(16,17)18/h2-8H,9,19H2,1H3. The second-order valence-electron chi connectivity index (χ2n) is 4.37. The molecule has 1 nitrogen and oxygen atoms in total. The number of halogens is 3. The van der Waals surface area contributed by atoms with Crippen molar-refractivity contribution in [2.75, 3.05) is 0 Å². The van der Waals surface area contributed by atoms with Gasteiger partial charge in [-0.2, -0.15) is 13.2 Å². The van der Waals surface area contributed by atoms with E-state index in [1.165, 1.54) is 12.1 Å². The summed E-state index contributed by atoms with van der Waals surface area (Å²) in [6.45, 7) is 2.34. The van der Waals surface area contributed by atoms with E-state index in [-0.39, 0.29) is 0 Å². The molecular formula is C15H14F3N. The number of hydrogen-bond acceptors (Lipinski definition) is 1. The molecule has 0 bridgehead atoms. The molecule has 0 aliphatic carbocycles. The van der Waals surface area contributed by atoms with E-state index in [9.17, 15) is 13.2 Å². The fourth-order valence-electron chi connectivity index (χ4n) is 2.06. The Morgan fingerprint density at radius 3 is 2.16 bits per heavy atom. The molecule has 0 amide bonds. The van der Waals surface area contributed by atoms with Crippen LogP contribution in [-0.2, 0) is 12.7 Å². The highest BCUT2D eigenvalue weighted by atomic mass is 19.4. The van der Waals surface area contributed by atoms with Gasteiger partial charge >= 0.3 is 6.18 Å². The molecule has 0 saturated carbocycles. The average molecular weight is 265 g/mol. The topological polar surface area (TPSA) is 26.0 Å². The highest BCUT2D eigenvalue weighted by Gasteiger charge is 2.29. The smallest absolute Gasteiger partial charge is 0.326 e. The molecule has 0 unspecified atom stereocenters. The molecule has 4 heteroatoms. The Balaban J connectivity index is 2.43. The fraction of sp³-hybridized carbons (Fsp3) is 0.200. The summed E-state index contributed by atoms with van der Waals surface area (Å²) in [5.41, 5.74) is 8.67. The van der Waals surface area contributed by atoms with Gasteiger partial charge in [-0.05, 0) is 41.3 Å². The number of alkyl halides is 3. The number of rotatable bonds is 2. The molecule has 2 N–H and O–H groups in total. The first-order chi connectivity index (χ1) is 8.93. The lowest BCUT2D eigenvalue weighted by Gasteiger charge is -2.12. The quantitative estimate of drug-likeness (QED) is 0.867. The van der Waals surface area contributed by atoms with Gasteiger partial charge in [-0.25, -0.2) is 0 Å². The van der Waals surface area contributed by atoms with Gasteiger partial charge < -0.3 is 5.73 Å². The number of nitrogens with two attached hydrogens (primary N) is 1. The van der Waals surface area contributed by atoms with Crippen LogP contribution >= 0.6 is 0 Å². The van der Waals surface area contributed by atoms with E-state index in [4.69, 9.17) is 5.73 Å². The van der Waals surface area contributed by atoms with Crippen LogP contribution in [0.5, 0.6) is 0 Å². The lowest BCUT2D eigenvalue weighted by molar-refractivity contribution is -0.137. The second-order valence-corrected chi connectivity index (χ2v) is 4.37. The predicted molar refractivity (Wildman–Crippen MR) is 69.5 cm³/mol. The van der Waals surface area contributed by atoms with Gasteiger partial charge in [0.25, 0.3) is 0 Å². The van der Waals surface area contributed by atoms with Gasteiger partial charge in [0.2, 0.25) is 0 Å². The summed E-state index contributed by atoms with van der Waals surface area (Å²) in [7, 11) is 0. The maximum absolute atomic E-state index is 12.5. The third kappa shape index (κ3) is 2.79. The molecule has 100 valence electrons. The van der Waals surface area contributed by atoms with Crippen molar-refractivity contribution < 1.29 is 13.2 Å². The van der Waals surface area contributed by atoms with Crippen LogP contribution in [0.25, 0.3) is 11.1 Å². The van der Waals surface area contributed by atoms with Crippen molar-refractivity contribution in [2.45, 2.75) is 19.6 Å². The summed E-state index contributed by atoms with van der Waals surface area (Å²) in [5, 5.41) is 0. The van der Waals surface area contributed by atoms with Gasteiger partial charge in [0.05, 0.1) is 5.56 Å². The summed E-state index contributed by atoms with van der Waals surface area (Å²) in [4.78, 5) is 0. The average Bonchev–Trinajstić information content (AvgIpc) is 2.38. The van der Waals surface area contributed by atoms with E-state index in [1.807, 2.05) is 25.1 Å². The Morgan fingerprint density at radius 1 is 1.00 bits per heavy atom. The van der Waals surface area contributed by atoms with Gasteiger partial charge in [-0.15, -0.1) is 0 Å². The zero-order valence-corrected chi connectivity index (χ0v) is 10.5. The van der Waals surface area contributed by atoms with Gasteiger partial charge in [0, 0.05) is 6.54 Å². The van der Waals surface area contributed by atoms with Crippen LogP contribution in [0.2, 0.25) is 0 Å². The minimum Gasteiger partial charge on any atom is -0.326 e. The third-order valence-corrected chi connectivity index (χ3v) is 3.19. The SMILES string of the molecule is Cc1c(CN)cccc1-c1ccc(C(F)(F)F)cc1. The van der Waals surface area contributed by atoms with Crippen LogP contribution in [0.15, 0.2) is 42.5 Å². The molecule has 0 saturated heterocycles. The van der Waals surface area contributed by atoms with Gasteiger partial charge in [0.1, 0.15) is 0 Å². The van der Waals surface area contributed by atoms with Crippen molar-refractivity contribution in [3.8, 4) is 11.1 Å². The van der Waals surface area contributed by atoms with Gasteiger partial charge in [-0.3, -0.25) is 0 Å². The van der Waals surface area contributed by atoms with Crippen LogP contribution in [0, 0.1) is 6.92 Å². The summed E-state index contributed by atoms with van der Waals surface area (Å²) in [6, 6.07) is 10.9. The fourth-order valence-corrected chi connectivity index (χ4v) is 2.06. The van der Waals surface area contributed by atoms with E-state index in [1.54, 1.807) is 0 Å². The highest BCUT2D eigenvalue weighted by molar-refractivity contribution is 5.68. The normalized spacial score (nSPS) is 11.6. The summed E-state index contributed by atoms with van der Waals surface area (Å²) in [6.07, 6.45) is -4.30. The van der Waals surface area contributed by atoms with Crippen molar-refractivity contribution in [3.63, 3.8) is 0 Å². The molecule has 0 aliphatic rings. The lowest BCUT2D eigenvalue weighted by Crippen LogP contribution is -2.04. The molecule has 0 aromatic heterocycles. The molecule has 0 aliphatic heterocycles. The third-order valence-electron chi connectivity index (χ3n) is 3.19. The molecule has 2 aromatic carbocycles. The van der Waals surface area contributed by atoms with Crippen LogP contribution in [0.1, 0.15) is 16.7 Å². The summed E-state index contributed by atoms with van der Waals surface area (Å²) >= 11 is 0. The first-order valence-corrected chi connectivity index (χ1v) is 5.89. The molecule has 0 fully saturated rings. The van der Waals surface area contributed by atoms with Gasteiger partial charge in [0.15, 0.2) is 0 Å². The molecule has 0 atom stereocenters. The molecule has 0 spiro atoms. The maximum Gasteiger partial charge on any atom is 0.416 e. The van der Waals surface area contributed by atoms with E-state index < -0.39 is 11.7 Å². The predicted octanol–water partition coefficient (Wildman–Crippen LogP) is 4.14. The Bertz CT molecular complexity index is 571. The molecular weight excluding hydrogens is 251 g/mol. The lowest BCUT2D eigenvalue weighted by atomic mass is 9.96. The number of benzene rings is 2. The minimum atomic E-state index is -4.30. The second kappa shape index (κ2) is 5.05. The molecule has 0 heterocycles. The summed E-state index contributed by atoms with van der Waals surface area (Å²) < 4.78 is 37.5. The van der Waals surface area contributed by atoms with Crippen molar-refractivity contribution in [1.29, 1.82) is 0 Å². The van der Waals surface area contributed by atoms with Crippen LogP contribution in [-0.4, -0.2) is 0 Å². The van der Waals surface area contributed by atoms with Crippen LogP contribution in [0.3, 0.4) is 0 Å². The largest absolute Gasteiger partial charge is 0.416 e. The highest BCUT2D eigenvalue weighted by Crippen LogP contribution is 2.32. The summed E-state index contributed by atoms with van der Waals surface area (Å²) in [5.74, 6) is 0. The molecule has 2 rings (SSSR count).